The van der Waals surface area contributed by atoms with Crippen LogP contribution in [0.4, 0.5) is 0 Å². The number of benzene rings is 1. The molecule has 6 nitrogen and oxygen atoms in total. The molecule has 0 spiro atoms. The fourth-order valence-corrected chi connectivity index (χ4v) is 3.54. The number of hydrogen-bond acceptors (Lipinski definition) is 5. The lowest BCUT2D eigenvalue weighted by Crippen LogP contribution is -2.44. The Hall–Kier alpha value is -2.25. The molecule has 1 aromatic carbocycles. The fraction of sp³-hybridized carbons (Fsp3) is 0.450. The first kappa shape index (κ1) is 21.1. The highest BCUT2D eigenvalue weighted by molar-refractivity contribution is 7.10. The molecule has 0 amide bonds. The van der Waals surface area contributed by atoms with Crippen molar-refractivity contribution in [3.05, 3.63) is 46.7 Å². The minimum Gasteiger partial charge on any atom is -0.497 e. The van der Waals surface area contributed by atoms with Crippen LogP contribution in [0.1, 0.15) is 17.8 Å². The molecule has 2 aromatic rings. The van der Waals surface area contributed by atoms with Gasteiger partial charge in [0, 0.05) is 24.5 Å². The van der Waals surface area contributed by atoms with Crippen molar-refractivity contribution < 1.29 is 9.47 Å². The van der Waals surface area contributed by atoms with E-state index >= 15 is 0 Å². The van der Waals surface area contributed by atoms with Crippen molar-refractivity contribution in [2.24, 2.45) is 4.99 Å². The number of ether oxygens (including phenoxy) is 2. The Morgan fingerprint density at radius 3 is 2.52 bits per heavy atom. The molecule has 0 radical (unpaired) electrons. The van der Waals surface area contributed by atoms with Crippen molar-refractivity contribution in [1.29, 1.82) is 0 Å². The normalized spacial score (nSPS) is 13.9. The van der Waals surface area contributed by atoms with Gasteiger partial charge in [0.2, 0.25) is 0 Å². The van der Waals surface area contributed by atoms with Crippen LogP contribution in [0.2, 0.25) is 0 Å². The summed E-state index contributed by atoms with van der Waals surface area (Å²) in [6, 6.07) is 12.2. The standard InChI is InChI=1S/C20H30N4O2S/c1-15(26-17-9-6-8-16(12-17)25-5)13-22-20(21-2)23-14-18(24(3)4)19-10-7-11-27-19/h6-12,15,18H,13-14H2,1-5H3,(H2,21,22,23). The Balaban J connectivity index is 1.82. The van der Waals surface area contributed by atoms with Gasteiger partial charge in [-0.05, 0) is 44.6 Å². The predicted molar refractivity (Wildman–Crippen MR) is 113 cm³/mol. The second-order valence-electron chi connectivity index (χ2n) is 6.44. The lowest BCUT2D eigenvalue weighted by atomic mass is 10.2. The van der Waals surface area contributed by atoms with Crippen LogP contribution in [0, 0.1) is 0 Å². The van der Waals surface area contributed by atoms with Crippen LogP contribution in [0.25, 0.3) is 0 Å². The van der Waals surface area contributed by atoms with Gasteiger partial charge in [0.25, 0.3) is 0 Å². The molecule has 2 rings (SSSR count). The first-order chi connectivity index (χ1) is 13.0. The Morgan fingerprint density at radius 1 is 1.15 bits per heavy atom. The Morgan fingerprint density at radius 2 is 1.89 bits per heavy atom. The van der Waals surface area contributed by atoms with Crippen molar-refractivity contribution in [3.63, 3.8) is 0 Å². The molecule has 0 saturated heterocycles. The van der Waals surface area contributed by atoms with Crippen LogP contribution in [0.15, 0.2) is 46.8 Å². The van der Waals surface area contributed by atoms with E-state index in [9.17, 15) is 0 Å². The number of hydrogen-bond donors (Lipinski definition) is 2. The first-order valence-corrected chi connectivity index (χ1v) is 9.86. The molecular formula is C20H30N4O2S. The average Bonchev–Trinajstić information content (AvgIpc) is 3.18. The second kappa shape index (κ2) is 10.8. The molecule has 0 aliphatic carbocycles. The lowest BCUT2D eigenvalue weighted by molar-refractivity contribution is 0.222. The van der Waals surface area contributed by atoms with Crippen LogP contribution in [-0.2, 0) is 0 Å². The van der Waals surface area contributed by atoms with Gasteiger partial charge in [-0.15, -0.1) is 11.3 Å². The number of guanidine groups is 1. The average molecular weight is 391 g/mol. The van der Waals surface area contributed by atoms with Crippen LogP contribution < -0.4 is 20.1 Å². The topological polar surface area (TPSA) is 58.1 Å². The highest BCUT2D eigenvalue weighted by Crippen LogP contribution is 2.22. The van der Waals surface area contributed by atoms with E-state index in [1.54, 1.807) is 25.5 Å². The highest BCUT2D eigenvalue weighted by atomic mass is 32.1. The molecule has 0 aliphatic heterocycles. The van der Waals surface area contributed by atoms with Crippen molar-refractivity contribution in [2.75, 3.05) is 41.3 Å². The van der Waals surface area contributed by atoms with Crippen molar-refractivity contribution in [3.8, 4) is 11.5 Å². The van der Waals surface area contributed by atoms with Gasteiger partial charge in [-0.1, -0.05) is 12.1 Å². The summed E-state index contributed by atoms with van der Waals surface area (Å²) in [7, 11) is 7.61. The SMILES string of the molecule is CN=C(NCC(C)Oc1cccc(OC)c1)NCC(c1cccs1)N(C)C. The minimum absolute atomic E-state index is 0.0161. The van der Waals surface area contributed by atoms with Gasteiger partial charge in [-0.3, -0.25) is 4.99 Å². The maximum Gasteiger partial charge on any atom is 0.191 e. The number of rotatable bonds is 9. The zero-order valence-corrected chi connectivity index (χ0v) is 17.5. The summed E-state index contributed by atoms with van der Waals surface area (Å²) in [5.74, 6) is 2.34. The highest BCUT2D eigenvalue weighted by Gasteiger charge is 2.15. The van der Waals surface area contributed by atoms with Gasteiger partial charge < -0.3 is 25.0 Å². The van der Waals surface area contributed by atoms with Gasteiger partial charge in [0.1, 0.15) is 17.6 Å². The number of likely N-dealkylation sites (N-methyl/N-ethyl adjacent to an activating group) is 1. The first-order valence-electron chi connectivity index (χ1n) is 8.98. The van der Waals surface area contributed by atoms with Crippen LogP contribution in [0.3, 0.4) is 0 Å². The van der Waals surface area contributed by atoms with Crippen LogP contribution in [0.5, 0.6) is 11.5 Å². The smallest absolute Gasteiger partial charge is 0.191 e. The Labute approximate surface area is 166 Å². The quantitative estimate of drug-likeness (QED) is 0.509. The summed E-state index contributed by atoms with van der Waals surface area (Å²) in [4.78, 5) is 7.85. The molecule has 0 saturated carbocycles. The molecule has 27 heavy (non-hydrogen) atoms. The fourth-order valence-electron chi connectivity index (χ4n) is 2.62. The minimum atomic E-state index is -0.0161. The van der Waals surface area contributed by atoms with E-state index in [2.05, 4.69) is 52.1 Å². The molecule has 0 bridgehead atoms. The number of thiophene rings is 1. The van der Waals surface area contributed by atoms with Gasteiger partial charge >= 0.3 is 0 Å². The van der Waals surface area contributed by atoms with Crippen molar-refractivity contribution in [2.45, 2.75) is 19.1 Å². The third kappa shape index (κ3) is 6.77. The van der Waals surface area contributed by atoms with E-state index in [0.29, 0.717) is 12.6 Å². The van der Waals surface area contributed by atoms with E-state index in [1.807, 2.05) is 31.2 Å². The molecule has 0 fully saturated rings. The molecule has 148 valence electrons. The number of methoxy groups -OCH3 is 1. The van der Waals surface area contributed by atoms with E-state index in [1.165, 1.54) is 4.88 Å². The van der Waals surface area contributed by atoms with E-state index in [0.717, 1.165) is 24.0 Å². The van der Waals surface area contributed by atoms with E-state index in [-0.39, 0.29) is 6.10 Å². The maximum atomic E-state index is 5.94. The van der Waals surface area contributed by atoms with Gasteiger partial charge in [-0.25, -0.2) is 0 Å². The molecule has 2 N–H and O–H groups in total. The monoisotopic (exact) mass is 390 g/mol. The van der Waals surface area contributed by atoms with Gasteiger partial charge in [0.05, 0.1) is 19.7 Å². The molecule has 2 atom stereocenters. The Bertz CT molecular complexity index is 704. The summed E-state index contributed by atoms with van der Waals surface area (Å²) >= 11 is 1.77. The zero-order chi connectivity index (χ0) is 19.6. The summed E-state index contributed by atoms with van der Waals surface area (Å²) in [6.07, 6.45) is -0.0161. The largest absolute Gasteiger partial charge is 0.497 e. The third-order valence-electron chi connectivity index (χ3n) is 4.12. The number of nitrogens with zero attached hydrogens (tertiary/aromatic N) is 2. The third-order valence-corrected chi connectivity index (χ3v) is 5.09. The molecular weight excluding hydrogens is 360 g/mol. The van der Waals surface area contributed by atoms with Crippen LogP contribution in [-0.4, -0.2) is 58.3 Å². The zero-order valence-electron chi connectivity index (χ0n) is 16.7. The molecule has 7 heteroatoms. The summed E-state index contributed by atoms with van der Waals surface area (Å²) in [5, 5.41) is 8.84. The molecule has 0 aliphatic rings. The predicted octanol–water partition coefficient (Wildman–Crippen LogP) is 2.99. The van der Waals surface area contributed by atoms with E-state index in [4.69, 9.17) is 9.47 Å². The van der Waals surface area contributed by atoms with Crippen molar-refractivity contribution >= 4 is 17.3 Å². The van der Waals surface area contributed by atoms with Gasteiger partial charge in [-0.2, -0.15) is 0 Å². The second-order valence-corrected chi connectivity index (χ2v) is 7.42. The Kier molecular flexibility index (Phi) is 8.42. The summed E-state index contributed by atoms with van der Waals surface area (Å²) in [6.45, 7) is 3.44. The molecule has 2 unspecified atom stereocenters. The molecule has 1 aromatic heterocycles. The molecule has 1 heterocycles. The lowest BCUT2D eigenvalue weighted by Gasteiger charge is -2.25. The maximum absolute atomic E-state index is 5.94. The number of nitrogens with one attached hydrogen (secondary N) is 2. The summed E-state index contributed by atoms with van der Waals surface area (Å²) in [5.41, 5.74) is 0. The van der Waals surface area contributed by atoms with E-state index < -0.39 is 0 Å². The van der Waals surface area contributed by atoms with Crippen LogP contribution >= 0.6 is 11.3 Å². The number of aliphatic imine (C=N–C) groups is 1. The van der Waals surface area contributed by atoms with Crippen molar-refractivity contribution in [1.82, 2.24) is 15.5 Å². The summed E-state index contributed by atoms with van der Waals surface area (Å²) < 4.78 is 11.2. The van der Waals surface area contributed by atoms with Gasteiger partial charge in [0.15, 0.2) is 5.96 Å².